The van der Waals surface area contributed by atoms with E-state index in [2.05, 4.69) is 4.74 Å². The van der Waals surface area contributed by atoms with Gasteiger partial charge in [0.25, 0.3) is 0 Å². The molecule has 2 aromatic rings. The first-order chi connectivity index (χ1) is 11.3. The fourth-order valence-corrected chi connectivity index (χ4v) is 2.66. The smallest absolute Gasteiger partial charge is 0.309 e. The third kappa shape index (κ3) is 4.55. The first-order valence-corrected chi connectivity index (χ1v) is 7.79. The topological polar surface area (TPSA) is 72.8 Å². The number of fused-ring (bicyclic) bond motifs is 1. The van der Waals surface area contributed by atoms with Crippen molar-refractivity contribution in [1.82, 2.24) is 0 Å². The number of aliphatic hydroxyl groups is 1. The van der Waals surface area contributed by atoms with E-state index in [1.54, 1.807) is 6.92 Å². The zero-order chi connectivity index (χ0) is 17.7. The Hall–Kier alpha value is -2.40. The van der Waals surface area contributed by atoms with Crippen molar-refractivity contribution in [3.63, 3.8) is 0 Å². The van der Waals surface area contributed by atoms with Gasteiger partial charge in [0, 0.05) is 0 Å². The summed E-state index contributed by atoms with van der Waals surface area (Å²) in [6.07, 6.45) is -1.00. The summed E-state index contributed by atoms with van der Waals surface area (Å²) in [7, 11) is 1.24. The highest BCUT2D eigenvalue weighted by atomic mass is 16.5. The molecule has 0 aliphatic rings. The predicted octanol–water partition coefficient (Wildman–Crippen LogP) is 3.15. The molecule has 0 bridgehead atoms. The van der Waals surface area contributed by atoms with Gasteiger partial charge in [-0.15, -0.1) is 0 Å². The summed E-state index contributed by atoms with van der Waals surface area (Å²) in [4.78, 5) is 23.4. The van der Waals surface area contributed by atoms with Crippen LogP contribution in [0.25, 0.3) is 10.8 Å². The Balaban J connectivity index is 2.07. The molecule has 0 spiro atoms. The number of carbonyl (C=O) groups is 2. The van der Waals surface area contributed by atoms with E-state index >= 15 is 0 Å². The lowest BCUT2D eigenvalue weighted by molar-refractivity contribution is -0.156. The third-order valence-electron chi connectivity index (χ3n) is 3.85. The fourth-order valence-electron chi connectivity index (χ4n) is 2.66. The van der Waals surface area contributed by atoms with Gasteiger partial charge in [-0.25, -0.2) is 0 Å². The molecule has 0 heterocycles. The Morgan fingerprint density at radius 3 is 2.42 bits per heavy atom. The molecule has 5 nitrogen and oxygen atoms in total. The van der Waals surface area contributed by atoms with Crippen LogP contribution in [0.1, 0.15) is 38.4 Å². The molecule has 0 aromatic heterocycles. The molecule has 2 atom stereocenters. The average Bonchev–Trinajstić information content (AvgIpc) is 2.52. The van der Waals surface area contributed by atoms with Crippen molar-refractivity contribution in [2.45, 2.75) is 38.4 Å². The van der Waals surface area contributed by atoms with Crippen LogP contribution in [0, 0.1) is 0 Å². The monoisotopic (exact) mass is 330 g/mol. The minimum absolute atomic E-state index is 0.263. The Morgan fingerprint density at radius 2 is 1.71 bits per heavy atom. The highest BCUT2D eigenvalue weighted by molar-refractivity contribution is 5.86. The minimum atomic E-state index is -1.50. The van der Waals surface area contributed by atoms with Crippen LogP contribution in [0.5, 0.6) is 0 Å². The SMILES string of the molecule is COC(=O)C[C@@](C)(O)CC(=O)O[C@H](C)c1cccc2ccccc12. The molecular formula is C19H22O5. The van der Waals surface area contributed by atoms with Crippen molar-refractivity contribution in [1.29, 1.82) is 0 Å². The first-order valence-electron chi connectivity index (χ1n) is 7.79. The second-order valence-electron chi connectivity index (χ2n) is 6.13. The minimum Gasteiger partial charge on any atom is -0.469 e. The van der Waals surface area contributed by atoms with E-state index in [-0.39, 0.29) is 12.8 Å². The van der Waals surface area contributed by atoms with E-state index in [9.17, 15) is 14.7 Å². The molecule has 0 amide bonds. The quantitative estimate of drug-likeness (QED) is 0.824. The number of benzene rings is 2. The van der Waals surface area contributed by atoms with E-state index < -0.39 is 23.6 Å². The van der Waals surface area contributed by atoms with Crippen molar-refractivity contribution in [2.75, 3.05) is 7.11 Å². The van der Waals surface area contributed by atoms with E-state index in [0.717, 1.165) is 16.3 Å². The summed E-state index contributed by atoms with van der Waals surface area (Å²) in [5.74, 6) is -1.14. The van der Waals surface area contributed by atoms with Crippen molar-refractivity contribution in [3.05, 3.63) is 48.0 Å². The van der Waals surface area contributed by atoms with Crippen LogP contribution in [0.3, 0.4) is 0 Å². The molecule has 2 rings (SSSR count). The molecular weight excluding hydrogens is 308 g/mol. The van der Waals surface area contributed by atoms with Crippen LogP contribution in [-0.4, -0.2) is 29.8 Å². The highest BCUT2D eigenvalue weighted by Crippen LogP contribution is 2.27. The predicted molar refractivity (Wildman–Crippen MR) is 90.3 cm³/mol. The lowest BCUT2D eigenvalue weighted by Crippen LogP contribution is -2.32. The number of ether oxygens (including phenoxy) is 2. The first kappa shape index (κ1) is 17.9. The number of carbonyl (C=O) groups excluding carboxylic acids is 2. The van der Waals surface area contributed by atoms with Gasteiger partial charge in [0.1, 0.15) is 6.10 Å². The van der Waals surface area contributed by atoms with Crippen LogP contribution < -0.4 is 0 Å². The summed E-state index contributed by atoms with van der Waals surface area (Å²) in [6.45, 7) is 3.20. The molecule has 0 unspecified atom stereocenters. The van der Waals surface area contributed by atoms with Gasteiger partial charge in [-0.1, -0.05) is 42.5 Å². The van der Waals surface area contributed by atoms with Crippen LogP contribution in [0.4, 0.5) is 0 Å². The van der Waals surface area contributed by atoms with Crippen LogP contribution >= 0.6 is 0 Å². The molecule has 0 fully saturated rings. The number of esters is 2. The standard InChI is InChI=1S/C19H22O5/c1-13(15-10-6-8-14-7-4-5-9-16(14)15)24-18(21)12-19(2,22)11-17(20)23-3/h4-10,13,22H,11-12H2,1-3H3/t13-,19-/m1/s1. The van der Waals surface area contributed by atoms with Gasteiger partial charge >= 0.3 is 11.9 Å². The zero-order valence-corrected chi connectivity index (χ0v) is 14.1. The van der Waals surface area contributed by atoms with E-state index in [0.29, 0.717) is 0 Å². The number of rotatable bonds is 6. The zero-order valence-electron chi connectivity index (χ0n) is 14.1. The molecule has 1 N–H and O–H groups in total. The number of methoxy groups -OCH3 is 1. The summed E-state index contributed by atoms with van der Waals surface area (Å²) in [5.41, 5.74) is -0.600. The molecule has 128 valence electrons. The van der Waals surface area contributed by atoms with Gasteiger partial charge in [-0.05, 0) is 30.2 Å². The van der Waals surface area contributed by atoms with Crippen LogP contribution in [-0.2, 0) is 19.1 Å². The molecule has 5 heteroatoms. The van der Waals surface area contributed by atoms with E-state index in [1.165, 1.54) is 14.0 Å². The Kier molecular flexibility index (Phi) is 5.57. The van der Waals surface area contributed by atoms with Crippen molar-refractivity contribution in [3.8, 4) is 0 Å². The maximum absolute atomic E-state index is 12.1. The second kappa shape index (κ2) is 7.45. The maximum atomic E-state index is 12.1. The average molecular weight is 330 g/mol. The van der Waals surface area contributed by atoms with Gasteiger partial charge in [0.05, 0.1) is 25.6 Å². The Morgan fingerprint density at radius 1 is 1.08 bits per heavy atom. The molecule has 0 radical (unpaired) electrons. The van der Waals surface area contributed by atoms with Crippen molar-refractivity contribution >= 4 is 22.7 Å². The van der Waals surface area contributed by atoms with Gasteiger partial charge in [0.15, 0.2) is 0 Å². The van der Waals surface area contributed by atoms with Crippen molar-refractivity contribution in [2.24, 2.45) is 0 Å². The second-order valence-corrected chi connectivity index (χ2v) is 6.13. The van der Waals surface area contributed by atoms with Gasteiger partial charge < -0.3 is 14.6 Å². The Labute approximate surface area is 141 Å². The normalized spacial score (nSPS) is 14.7. The van der Waals surface area contributed by atoms with Crippen LogP contribution in [0.15, 0.2) is 42.5 Å². The van der Waals surface area contributed by atoms with Gasteiger partial charge in [-0.2, -0.15) is 0 Å². The highest BCUT2D eigenvalue weighted by Gasteiger charge is 2.30. The summed E-state index contributed by atoms with van der Waals surface area (Å²) < 4.78 is 9.96. The molecule has 0 saturated heterocycles. The lowest BCUT2D eigenvalue weighted by atomic mass is 9.98. The van der Waals surface area contributed by atoms with E-state index in [1.807, 2.05) is 42.5 Å². The van der Waals surface area contributed by atoms with E-state index in [4.69, 9.17) is 4.74 Å². The lowest BCUT2D eigenvalue weighted by Gasteiger charge is -2.22. The summed E-state index contributed by atoms with van der Waals surface area (Å²) >= 11 is 0. The Bertz CT molecular complexity index is 730. The van der Waals surface area contributed by atoms with Crippen LogP contribution in [0.2, 0.25) is 0 Å². The van der Waals surface area contributed by atoms with Gasteiger partial charge in [0.2, 0.25) is 0 Å². The molecule has 0 aliphatic heterocycles. The summed E-state index contributed by atoms with van der Waals surface area (Å²) in [5, 5.41) is 12.2. The van der Waals surface area contributed by atoms with Crippen molar-refractivity contribution < 1.29 is 24.2 Å². The largest absolute Gasteiger partial charge is 0.469 e. The maximum Gasteiger partial charge on any atom is 0.309 e. The molecule has 2 aromatic carbocycles. The molecule has 0 saturated carbocycles. The third-order valence-corrected chi connectivity index (χ3v) is 3.85. The fraction of sp³-hybridized carbons (Fsp3) is 0.368. The van der Waals surface area contributed by atoms with Gasteiger partial charge in [-0.3, -0.25) is 9.59 Å². The summed E-state index contributed by atoms with van der Waals surface area (Å²) in [6, 6.07) is 13.7. The number of hydrogen-bond acceptors (Lipinski definition) is 5. The molecule has 0 aliphatic carbocycles. The molecule has 24 heavy (non-hydrogen) atoms. The number of hydrogen-bond donors (Lipinski definition) is 1.